The summed E-state index contributed by atoms with van der Waals surface area (Å²) in [5.41, 5.74) is 23.0. The molecule has 0 unspecified atom stereocenters. The maximum atomic E-state index is 2.57. The molecule has 0 atom stereocenters. The summed E-state index contributed by atoms with van der Waals surface area (Å²) >= 11 is 0. The number of para-hydroxylation sites is 1. The van der Waals surface area contributed by atoms with E-state index in [1.54, 1.807) is 5.56 Å². The van der Waals surface area contributed by atoms with E-state index < -0.39 is 5.41 Å². The highest BCUT2D eigenvalue weighted by molar-refractivity contribution is 6.10. The Balaban J connectivity index is 0.931. The molecule has 334 valence electrons. The molecule has 4 bridgehead atoms. The van der Waals surface area contributed by atoms with Crippen molar-refractivity contribution in [2.45, 2.75) is 49.4 Å². The minimum atomic E-state index is -0.452. The number of hydrogen-bond donors (Lipinski definition) is 0. The van der Waals surface area contributed by atoms with E-state index in [0.29, 0.717) is 5.41 Å². The van der Waals surface area contributed by atoms with Crippen LogP contribution in [0.3, 0.4) is 0 Å². The number of nitrogens with zero attached hydrogens (tertiary/aromatic N) is 1. The number of hydrogen-bond acceptors (Lipinski definition) is 1. The maximum absolute atomic E-state index is 2.57. The molecule has 6 aliphatic rings. The molecule has 10 aromatic carbocycles. The van der Waals surface area contributed by atoms with Crippen molar-refractivity contribution < 1.29 is 0 Å². The Hall–Kier alpha value is -7.74. The van der Waals surface area contributed by atoms with E-state index in [4.69, 9.17) is 0 Å². The quantitative estimate of drug-likeness (QED) is 0.154. The van der Waals surface area contributed by atoms with Gasteiger partial charge in [-0.05, 0) is 169 Å². The second-order valence-corrected chi connectivity index (χ2v) is 21.3. The minimum absolute atomic E-state index is 0.396. The SMILES string of the molecule is c1ccc(-c2cccc3cccc(-c4ccccc4N(c4ccc(-c5ccc(C67CC8CC(CC(C8)C6)C7)cc5)cc4)c4cccc5c4-c4ccccc4C54c5ccccc5-c5ccccc54)c23)cc1. The van der Waals surface area contributed by atoms with Gasteiger partial charge in [0.15, 0.2) is 0 Å². The molecule has 70 heavy (non-hydrogen) atoms. The van der Waals surface area contributed by atoms with Crippen molar-refractivity contribution in [2.75, 3.05) is 4.90 Å². The predicted molar refractivity (Wildman–Crippen MR) is 291 cm³/mol. The molecule has 0 aromatic heterocycles. The van der Waals surface area contributed by atoms with E-state index in [-0.39, 0.29) is 0 Å². The molecule has 0 radical (unpaired) electrons. The highest BCUT2D eigenvalue weighted by Crippen LogP contribution is 2.65. The fraction of sp³-hybridized carbons (Fsp3) is 0.159. The molecule has 16 rings (SSSR count). The predicted octanol–water partition coefficient (Wildman–Crippen LogP) is 18.1. The second kappa shape index (κ2) is 15.4. The summed E-state index contributed by atoms with van der Waals surface area (Å²) < 4.78 is 0. The Morgan fingerprint density at radius 2 is 0.800 bits per heavy atom. The van der Waals surface area contributed by atoms with Crippen molar-refractivity contribution in [2.24, 2.45) is 17.8 Å². The van der Waals surface area contributed by atoms with E-state index >= 15 is 0 Å². The molecule has 1 nitrogen and oxygen atoms in total. The molecule has 6 aliphatic carbocycles. The van der Waals surface area contributed by atoms with Gasteiger partial charge in [0, 0.05) is 16.8 Å². The van der Waals surface area contributed by atoms with Crippen molar-refractivity contribution in [3.8, 4) is 55.6 Å². The summed E-state index contributed by atoms with van der Waals surface area (Å²) in [5, 5.41) is 2.49. The van der Waals surface area contributed by atoms with Crippen molar-refractivity contribution in [3.05, 3.63) is 258 Å². The first-order valence-corrected chi connectivity index (χ1v) is 25.8. The zero-order valence-electron chi connectivity index (χ0n) is 39.4. The molecule has 1 spiro atoms. The molecule has 1 heteroatoms. The molecule has 4 fully saturated rings. The highest BCUT2D eigenvalue weighted by Gasteiger charge is 2.53. The second-order valence-electron chi connectivity index (χ2n) is 21.3. The van der Waals surface area contributed by atoms with Gasteiger partial charge in [-0.3, -0.25) is 0 Å². The van der Waals surface area contributed by atoms with Gasteiger partial charge < -0.3 is 4.90 Å². The van der Waals surface area contributed by atoms with Crippen LogP contribution in [0, 0.1) is 17.8 Å². The van der Waals surface area contributed by atoms with Gasteiger partial charge in [-0.15, -0.1) is 0 Å². The molecule has 0 amide bonds. The lowest BCUT2D eigenvalue weighted by Gasteiger charge is -2.57. The number of anilines is 3. The molecular weight excluding hydrogens is 843 g/mol. The largest absolute Gasteiger partial charge is 0.309 e. The zero-order valence-corrected chi connectivity index (χ0v) is 39.4. The Morgan fingerprint density at radius 3 is 1.44 bits per heavy atom. The third kappa shape index (κ3) is 5.79. The summed E-state index contributed by atoms with van der Waals surface area (Å²) in [6, 6.07) is 87.4. The van der Waals surface area contributed by atoms with Gasteiger partial charge in [-0.1, -0.05) is 206 Å². The summed E-state index contributed by atoms with van der Waals surface area (Å²) in [4.78, 5) is 2.57. The van der Waals surface area contributed by atoms with Gasteiger partial charge in [0.1, 0.15) is 0 Å². The minimum Gasteiger partial charge on any atom is -0.309 e. The van der Waals surface area contributed by atoms with E-state index in [9.17, 15) is 0 Å². The van der Waals surface area contributed by atoms with Gasteiger partial charge in [0.05, 0.1) is 16.8 Å². The molecule has 0 N–H and O–H groups in total. The first kappa shape index (κ1) is 40.2. The maximum Gasteiger partial charge on any atom is 0.0726 e. The smallest absolute Gasteiger partial charge is 0.0726 e. The zero-order chi connectivity index (χ0) is 46.0. The molecule has 0 aliphatic heterocycles. The number of rotatable bonds is 7. The van der Waals surface area contributed by atoms with Crippen LogP contribution in [0.2, 0.25) is 0 Å². The van der Waals surface area contributed by atoms with E-state index in [0.717, 1.165) is 29.1 Å². The van der Waals surface area contributed by atoms with Gasteiger partial charge >= 0.3 is 0 Å². The third-order valence-corrected chi connectivity index (χ3v) is 17.7. The fourth-order valence-electron chi connectivity index (χ4n) is 15.3. The molecule has 10 aromatic rings. The van der Waals surface area contributed by atoms with Crippen LogP contribution in [0.1, 0.15) is 66.3 Å². The van der Waals surface area contributed by atoms with Crippen molar-refractivity contribution in [1.29, 1.82) is 0 Å². The Labute approximate surface area is 411 Å². The van der Waals surface area contributed by atoms with Gasteiger partial charge in [-0.2, -0.15) is 0 Å². The first-order chi connectivity index (χ1) is 34.6. The van der Waals surface area contributed by atoms with Gasteiger partial charge in [0.2, 0.25) is 0 Å². The van der Waals surface area contributed by atoms with Crippen LogP contribution in [-0.2, 0) is 10.8 Å². The lowest BCUT2D eigenvalue weighted by Crippen LogP contribution is -2.48. The standard InChI is InChI=1S/C69H53N/c1-2-15-50(16-3-1)54-23-12-17-51-18-13-24-58(66(51)54)57-21-7-11-29-64(57)70(53-37-33-49(34-38-53)48-31-35-52(36-32-48)68-42-45-39-46(43-68)41-47(40-45)44-68)65-30-14-28-63-67(65)59-22-6-10-27-62(59)69(63)60-25-8-4-19-55(60)56-20-5-9-26-61(56)69/h1-38,45-47H,39-44H2. The third-order valence-electron chi connectivity index (χ3n) is 17.7. The lowest BCUT2D eigenvalue weighted by atomic mass is 9.48. The Morgan fingerprint density at radius 1 is 0.329 bits per heavy atom. The van der Waals surface area contributed by atoms with Gasteiger partial charge in [-0.25, -0.2) is 0 Å². The first-order valence-electron chi connectivity index (χ1n) is 25.8. The fourth-order valence-corrected chi connectivity index (χ4v) is 15.3. The summed E-state index contributed by atoms with van der Waals surface area (Å²) in [6.45, 7) is 0. The summed E-state index contributed by atoms with van der Waals surface area (Å²) in [7, 11) is 0. The van der Waals surface area contributed by atoms with Crippen molar-refractivity contribution >= 4 is 27.8 Å². The lowest BCUT2D eigenvalue weighted by molar-refractivity contribution is -0.00518. The van der Waals surface area contributed by atoms with Crippen LogP contribution in [0.25, 0.3) is 66.4 Å². The summed E-state index contributed by atoms with van der Waals surface area (Å²) in [5.74, 6) is 2.81. The average Bonchev–Trinajstić information content (AvgIpc) is 3.89. The molecule has 0 saturated heterocycles. The van der Waals surface area contributed by atoms with Crippen LogP contribution in [-0.4, -0.2) is 0 Å². The van der Waals surface area contributed by atoms with Crippen LogP contribution in [0.4, 0.5) is 17.1 Å². The van der Waals surface area contributed by atoms with Crippen LogP contribution < -0.4 is 4.90 Å². The topological polar surface area (TPSA) is 3.24 Å². The summed E-state index contributed by atoms with van der Waals surface area (Å²) in [6.07, 6.45) is 8.61. The van der Waals surface area contributed by atoms with Gasteiger partial charge in [0.25, 0.3) is 0 Å². The Kier molecular flexibility index (Phi) is 8.83. The number of fused-ring (bicyclic) bond motifs is 11. The van der Waals surface area contributed by atoms with Crippen molar-refractivity contribution in [1.82, 2.24) is 0 Å². The van der Waals surface area contributed by atoms with E-state index in [2.05, 4.69) is 235 Å². The highest BCUT2D eigenvalue weighted by atomic mass is 15.1. The number of benzene rings is 10. The van der Waals surface area contributed by atoms with E-state index in [1.165, 1.54) is 133 Å². The molecule has 0 heterocycles. The monoisotopic (exact) mass is 895 g/mol. The Bertz CT molecular complexity index is 3600. The normalized spacial score (nSPS) is 20.5. The molecule has 4 saturated carbocycles. The van der Waals surface area contributed by atoms with Crippen LogP contribution in [0.15, 0.2) is 231 Å². The molecular formula is C69H53N. The van der Waals surface area contributed by atoms with Crippen molar-refractivity contribution in [3.63, 3.8) is 0 Å². The van der Waals surface area contributed by atoms with Crippen LogP contribution in [0.5, 0.6) is 0 Å². The average molecular weight is 896 g/mol. The van der Waals surface area contributed by atoms with E-state index in [1.807, 2.05) is 0 Å². The van der Waals surface area contributed by atoms with Crippen LogP contribution >= 0.6 is 0 Å².